The first-order valence-corrected chi connectivity index (χ1v) is 11.1. The highest BCUT2D eigenvalue weighted by Crippen LogP contribution is 2.21. The van der Waals surface area contributed by atoms with E-state index in [9.17, 15) is 17.6 Å². The van der Waals surface area contributed by atoms with Gasteiger partial charge in [0.1, 0.15) is 5.82 Å². The monoisotopic (exact) mass is 431 g/mol. The molecule has 3 rings (SSSR count). The van der Waals surface area contributed by atoms with Crippen LogP contribution in [0.2, 0.25) is 0 Å². The summed E-state index contributed by atoms with van der Waals surface area (Å²) < 4.78 is 42.7. The van der Waals surface area contributed by atoms with Gasteiger partial charge in [-0.15, -0.1) is 0 Å². The second kappa shape index (κ2) is 9.29. The molecule has 9 heteroatoms. The van der Waals surface area contributed by atoms with Crippen molar-refractivity contribution in [2.75, 3.05) is 6.26 Å². The lowest BCUT2D eigenvalue weighted by Gasteiger charge is -2.12. The Morgan fingerprint density at radius 3 is 2.50 bits per heavy atom. The van der Waals surface area contributed by atoms with E-state index in [0.29, 0.717) is 23.2 Å². The van der Waals surface area contributed by atoms with Crippen molar-refractivity contribution in [3.05, 3.63) is 87.5 Å². The quantitative estimate of drug-likeness (QED) is 0.549. The minimum absolute atomic E-state index is 0.0113. The highest BCUT2D eigenvalue weighted by atomic mass is 32.2. The second-order valence-electron chi connectivity index (χ2n) is 6.80. The molecule has 7 nitrogen and oxygen atoms in total. The molecule has 0 amide bonds. The fourth-order valence-electron chi connectivity index (χ4n) is 2.93. The summed E-state index contributed by atoms with van der Waals surface area (Å²) in [7, 11) is -3.74. The molecule has 0 spiro atoms. The van der Waals surface area contributed by atoms with Crippen molar-refractivity contribution in [1.29, 1.82) is 0 Å². The average molecular weight is 431 g/mol. The van der Waals surface area contributed by atoms with Gasteiger partial charge in [-0.3, -0.25) is 8.98 Å². The zero-order valence-corrected chi connectivity index (χ0v) is 17.2. The summed E-state index contributed by atoms with van der Waals surface area (Å²) >= 11 is 0. The summed E-state index contributed by atoms with van der Waals surface area (Å²) in [5, 5.41) is 4.40. The molecule has 1 heterocycles. The number of nitrogens with two attached hydrogens (primary N) is 1. The molecular formula is C21H22FN3O4S. The Morgan fingerprint density at radius 1 is 1.10 bits per heavy atom. The zero-order chi connectivity index (χ0) is 21.7. The average Bonchev–Trinajstić information content (AvgIpc) is 2.72. The maximum atomic E-state index is 13.8. The van der Waals surface area contributed by atoms with Crippen molar-refractivity contribution in [1.82, 2.24) is 9.78 Å². The molecule has 1 aromatic heterocycles. The third kappa shape index (κ3) is 5.59. The van der Waals surface area contributed by atoms with Crippen LogP contribution in [0.4, 0.5) is 4.39 Å². The van der Waals surface area contributed by atoms with Crippen molar-refractivity contribution >= 4 is 10.1 Å². The molecule has 0 fully saturated rings. The van der Waals surface area contributed by atoms with Crippen molar-refractivity contribution < 1.29 is 17.0 Å². The molecule has 0 saturated heterocycles. The summed E-state index contributed by atoms with van der Waals surface area (Å²) in [6, 6.07) is 15.4. The second-order valence-corrected chi connectivity index (χ2v) is 8.44. The summed E-state index contributed by atoms with van der Waals surface area (Å²) in [6.45, 7) is -0.117. The lowest BCUT2D eigenvalue weighted by atomic mass is 10.1. The van der Waals surface area contributed by atoms with E-state index in [1.807, 2.05) is 30.3 Å². The molecular weight excluding hydrogens is 409 g/mol. The van der Waals surface area contributed by atoms with Crippen LogP contribution < -0.4 is 11.3 Å². The lowest BCUT2D eigenvalue weighted by molar-refractivity contribution is 0.308. The zero-order valence-electron chi connectivity index (χ0n) is 16.4. The van der Waals surface area contributed by atoms with Gasteiger partial charge < -0.3 is 5.73 Å². The van der Waals surface area contributed by atoms with Gasteiger partial charge in [-0.2, -0.15) is 13.5 Å². The predicted molar refractivity (Wildman–Crippen MR) is 112 cm³/mol. The van der Waals surface area contributed by atoms with E-state index in [1.165, 1.54) is 22.9 Å². The molecule has 0 bridgehead atoms. The maximum Gasteiger partial charge on any atom is 0.272 e. The van der Waals surface area contributed by atoms with Crippen molar-refractivity contribution in [3.63, 3.8) is 0 Å². The van der Waals surface area contributed by atoms with Crippen molar-refractivity contribution in [2.24, 2.45) is 5.73 Å². The van der Waals surface area contributed by atoms with Gasteiger partial charge in [0.15, 0.2) is 0 Å². The van der Waals surface area contributed by atoms with Crippen LogP contribution in [0.5, 0.6) is 0 Å². The molecule has 0 aliphatic carbocycles. The van der Waals surface area contributed by atoms with Crippen LogP contribution in [-0.2, 0) is 40.4 Å². The van der Waals surface area contributed by atoms with Gasteiger partial charge in [0.05, 0.1) is 18.6 Å². The Hall–Kier alpha value is -2.88. The predicted octanol–water partition coefficient (Wildman–Crippen LogP) is 2.23. The van der Waals surface area contributed by atoms with Gasteiger partial charge in [-0.1, -0.05) is 30.3 Å². The van der Waals surface area contributed by atoms with Gasteiger partial charge in [0.2, 0.25) is 0 Å². The van der Waals surface area contributed by atoms with Gasteiger partial charge in [-0.25, -0.2) is 9.07 Å². The van der Waals surface area contributed by atoms with E-state index < -0.39 is 28.1 Å². The van der Waals surface area contributed by atoms with Crippen LogP contribution in [0.1, 0.15) is 16.7 Å². The fraction of sp³-hybridized carbons (Fsp3) is 0.238. The number of halogens is 1. The lowest BCUT2D eigenvalue weighted by Crippen LogP contribution is -2.28. The van der Waals surface area contributed by atoms with Crippen LogP contribution in [0, 0.1) is 5.82 Å². The molecule has 2 aromatic carbocycles. The number of nitrogens with zero attached hydrogens (tertiary/aromatic N) is 2. The normalized spacial score (nSPS) is 11.6. The number of aryl methyl sites for hydroxylation is 2. The summed E-state index contributed by atoms with van der Waals surface area (Å²) in [6.07, 6.45) is 1.47. The number of rotatable bonds is 8. The van der Waals surface area contributed by atoms with Crippen LogP contribution in [-0.4, -0.2) is 24.5 Å². The summed E-state index contributed by atoms with van der Waals surface area (Å²) in [5.41, 5.74) is 7.57. The Kier molecular flexibility index (Phi) is 6.76. The topological polar surface area (TPSA) is 104 Å². The molecule has 30 heavy (non-hydrogen) atoms. The summed E-state index contributed by atoms with van der Waals surface area (Å²) in [5.74, 6) is -0.431. The van der Waals surface area contributed by atoms with Crippen molar-refractivity contribution in [3.8, 4) is 11.3 Å². The molecule has 0 saturated carbocycles. The molecule has 0 atom stereocenters. The van der Waals surface area contributed by atoms with Crippen LogP contribution >= 0.6 is 0 Å². The largest absolute Gasteiger partial charge is 0.326 e. The highest BCUT2D eigenvalue weighted by Gasteiger charge is 2.14. The molecule has 158 valence electrons. The number of aromatic nitrogens is 2. The standard InChI is InChI=1S/C21H22FN3O4S/c1-30(27,28)29-14-18-12-20(16-7-8-19(22)17(11-16)13-23)24-25(21(18)26)10-9-15-5-3-2-4-6-15/h2-8,11-12H,9-10,13-14,23H2,1H3. The SMILES string of the molecule is CS(=O)(=O)OCc1cc(-c2ccc(F)c(CN)c2)nn(CCc2ccccc2)c1=O. The van der Waals surface area contributed by atoms with E-state index in [0.717, 1.165) is 11.8 Å². The number of hydrogen-bond acceptors (Lipinski definition) is 6. The van der Waals surface area contributed by atoms with E-state index >= 15 is 0 Å². The van der Waals surface area contributed by atoms with E-state index in [1.54, 1.807) is 6.07 Å². The Labute approximate surface area is 174 Å². The minimum Gasteiger partial charge on any atom is -0.326 e. The Bertz CT molecular complexity index is 1190. The molecule has 0 unspecified atom stereocenters. The van der Waals surface area contributed by atoms with Crippen LogP contribution in [0.25, 0.3) is 11.3 Å². The van der Waals surface area contributed by atoms with Gasteiger partial charge >= 0.3 is 0 Å². The highest BCUT2D eigenvalue weighted by molar-refractivity contribution is 7.85. The fourth-order valence-corrected chi connectivity index (χ4v) is 3.27. The van der Waals surface area contributed by atoms with Crippen LogP contribution in [0.15, 0.2) is 59.4 Å². The molecule has 0 aliphatic rings. The van der Waals surface area contributed by atoms with Crippen molar-refractivity contribution in [2.45, 2.75) is 26.1 Å². The van der Waals surface area contributed by atoms with E-state index in [4.69, 9.17) is 9.92 Å². The third-order valence-corrected chi connectivity index (χ3v) is 5.04. The summed E-state index contributed by atoms with van der Waals surface area (Å²) in [4.78, 5) is 12.8. The molecule has 2 N–H and O–H groups in total. The number of benzene rings is 2. The minimum atomic E-state index is -3.74. The Balaban J connectivity index is 2.01. The maximum absolute atomic E-state index is 13.8. The Morgan fingerprint density at radius 2 is 1.83 bits per heavy atom. The van der Waals surface area contributed by atoms with Gasteiger partial charge in [0, 0.05) is 29.8 Å². The third-order valence-electron chi connectivity index (χ3n) is 4.49. The molecule has 3 aromatic rings. The van der Waals surface area contributed by atoms with E-state index in [2.05, 4.69) is 5.10 Å². The van der Waals surface area contributed by atoms with Gasteiger partial charge in [0.25, 0.3) is 15.7 Å². The molecule has 0 radical (unpaired) electrons. The molecule has 0 aliphatic heterocycles. The van der Waals surface area contributed by atoms with Gasteiger partial charge in [-0.05, 0) is 36.2 Å². The smallest absolute Gasteiger partial charge is 0.272 e. The number of hydrogen-bond donors (Lipinski definition) is 1. The van der Waals surface area contributed by atoms with E-state index in [-0.39, 0.29) is 18.7 Å². The van der Waals surface area contributed by atoms with Crippen LogP contribution in [0.3, 0.4) is 0 Å². The first kappa shape index (κ1) is 21.8. The first-order chi connectivity index (χ1) is 14.3. The first-order valence-electron chi connectivity index (χ1n) is 9.25.